The van der Waals surface area contributed by atoms with Gasteiger partial charge in [-0.05, 0) is 43.7 Å². The van der Waals surface area contributed by atoms with Crippen LogP contribution < -0.4 is 5.32 Å². The highest BCUT2D eigenvalue weighted by atomic mass is 35.5. The Labute approximate surface area is 216 Å². The smallest absolute Gasteiger partial charge is 0.319 e. The van der Waals surface area contributed by atoms with Crippen molar-refractivity contribution < 1.29 is 31.1 Å². The van der Waals surface area contributed by atoms with Crippen LogP contribution in [0.4, 0.5) is 32.0 Å². The minimum atomic E-state index is -4.87. The number of halogens is 8. The molecule has 0 atom stereocenters. The van der Waals surface area contributed by atoms with E-state index in [0.717, 1.165) is 6.07 Å². The summed E-state index contributed by atoms with van der Waals surface area (Å²) < 4.78 is 82.0. The van der Waals surface area contributed by atoms with Crippen LogP contribution in [0.3, 0.4) is 0 Å². The van der Waals surface area contributed by atoms with Gasteiger partial charge in [0.05, 0.1) is 45.3 Å². The predicted octanol–water partition coefficient (Wildman–Crippen LogP) is 7.69. The van der Waals surface area contributed by atoms with E-state index in [1.165, 1.54) is 48.9 Å². The zero-order valence-electron chi connectivity index (χ0n) is 19.0. The number of carbonyl (C=O) groups excluding carboxylic acids is 1. The molecule has 0 saturated carbocycles. The minimum Gasteiger partial charge on any atom is -0.319 e. The van der Waals surface area contributed by atoms with Crippen molar-refractivity contribution in [2.24, 2.45) is 0 Å². The standard InChI is InChI=1S/C24H16Cl2F6N4O/c1-11-20(12(2)36(35-11)10-13-5-3-4-6-17(13)23(27,28)29)34-22(37)16-9-19(24(30,31)32)33-21-15(16)7-14(25)8-18(21)26/h3-9H,10H2,1-2H3,(H,34,37). The molecule has 4 aromatic rings. The second kappa shape index (κ2) is 9.53. The maximum absolute atomic E-state index is 13.5. The highest BCUT2D eigenvalue weighted by Gasteiger charge is 2.35. The number of pyridine rings is 1. The maximum atomic E-state index is 13.5. The predicted molar refractivity (Wildman–Crippen MR) is 127 cm³/mol. The molecule has 0 aliphatic carbocycles. The van der Waals surface area contributed by atoms with E-state index >= 15 is 0 Å². The molecule has 194 valence electrons. The number of fused-ring (bicyclic) bond motifs is 1. The van der Waals surface area contributed by atoms with Crippen LogP contribution >= 0.6 is 23.2 Å². The first-order valence-electron chi connectivity index (χ1n) is 10.5. The van der Waals surface area contributed by atoms with Crippen LogP contribution in [-0.2, 0) is 18.9 Å². The fraction of sp³-hybridized carbons (Fsp3) is 0.208. The van der Waals surface area contributed by atoms with E-state index in [9.17, 15) is 31.1 Å². The molecule has 0 spiro atoms. The Morgan fingerprint density at radius 1 is 1.00 bits per heavy atom. The maximum Gasteiger partial charge on any atom is 0.433 e. The van der Waals surface area contributed by atoms with Gasteiger partial charge in [-0.3, -0.25) is 9.48 Å². The Morgan fingerprint density at radius 3 is 2.32 bits per heavy atom. The second-order valence-electron chi connectivity index (χ2n) is 8.15. The van der Waals surface area contributed by atoms with Crippen molar-refractivity contribution in [1.82, 2.24) is 14.8 Å². The summed E-state index contributed by atoms with van der Waals surface area (Å²) in [5, 5.41) is 6.65. The normalized spacial score (nSPS) is 12.3. The van der Waals surface area contributed by atoms with Crippen LogP contribution in [0.1, 0.15) is 38.6 Å². The van der Waals surface area contributed by atoms with Crippen molar-refractivity contribution in [2.75, 3.05) is 5.32 Å². The van der Waals surface area contributed by atoms with E-state index < -0.39 is 35.1 Å². The molecule has 13 heteroatoms. The average Bonchev–Trinajstić information content (AvgIpc) is 3.04. The third-order valence-corrected chi connectivity index (χ3v) is 6.14. The van der Waals surface area contributed by atoms with E-state index in [4.69, 9.17) is 23.2 Å². The van der Waals surface area contributed by atoms with Gasteiger partial charge in [-0.15, -0.1) is 0 Å². The van der Waals surface area contributed by atoms with E-state index in [1.54, 1.807) is 0 Å². The molecule has 0 fully saturated rings. The molecule has 0 aliphatic rings. The summed E-state index contributed by atoms with van der Waals surface area (Å²) in [6.45, 7) is 2.78. The van der Waals surface area contributed by atoms with Gasteiger partial charge in [-0.25, -0.2) is 4.98 Å². The molecule has 2 aromatic heterocycles. The van der Waals surface area contributed by atoms with Crippen molar-refractivity contribution in [1.29, 1.82) is 0 Å². The van der Waals surface area contributed by atoms with Crippen LogP contribution in [0.25, 0.3) is 10.9 Å². The summed E-state index contributed by atoms with van der Waals surface area (Å²) in [5.41, 5.74) is -2.17. The largest absolute Gasteiger partial charge is 0.433 e. The summed E-state index contributed by atoms with van der Waals surface area (Å²) in [6, 6.07) is 8.05. The van der Waals surface area contributed by atoms with E-state index in [0.29, 0.717) is 11.8 Å². The zero-order chi connectivity index (χ0) is 27.3. The van der Waals surface area contributed by atoms with Gasteiger partial charge >= 0.3 is 12.4 Å². The van der Waals surface area contributed by atoms with Crippen molar-refractivity contribution in [3.05, 3.63) is 86.3 Å². The molecule has 0 unspecified atom stereocenters. The van der Waals surface area contributed by atoms with Gasteiger partial charge in [-0.1, -0.05) is 41.4 Å². The highest BCUT2D eigenvalue weighted by molar-refractivity contribution is 6.39. The minimum absolute atomic E-state index is 0.00944. The number of hydrogen-bond acceptors (Lipinski definition) is 3. The molecule has 1 amide bonds. The quantitative estimate of drug-likeness (QED) is 0.260. The molecule has 5 nitrogen and oxygen atoms in total. The lowest BCUT2D eigenvalue weighted by Crippen LogP contribution is -2.17. The Morgan fingerprint density at radius 2 is 1.68 bits per heavy atom. The second-order valence-corrected chi connectivity index (χ2v) is 8.99. The van der Waals surface area contributed by atoms with Crippen molar-refractivity contribution in [2.45, 2.75) is 32.7 Å². The number of alkyl halides is 6. The van der Waals surface area contributed by atoms with Crippen molar-refractivity contribution in [3.63, 3.8) is 0 Å². The van der Waals surface area contributed by atoms with Crippen molar-refractivity contribution in [3.8, 4) is 0 Å². The fourth-order valence-corrected chi connectivity index (χ4v) is 4.43. The summed E-state index contributed by atoms with van der Waals surface area (Å²) in [5.74, 6) is -0.933. The fourth-order valence-electron chi connectivity index (χ4n) is 3.89. The number of anilines is 1. The molecule has 0 bridgehead atoms. The number of carbonyl (C=O) groups is 1. The number of hydrogen-bond donors (Lipinski definition) is 1. The van der Waals surface area contributed by atoms with Crippen molar-refractivity contribution >= 4 is 45.7 Å². The molecular weight excluding hydrogens is 545 g/mol. The SMILES string of the molecule is Cc1nn(Cc2ccccc2C(F)(F)F)c(C)c1NC(=O)c1cc(C(F)(F)F)nc2c(Cl)cc(Cl)cc12. The molecule has 4 rings (SSSR count). The van der Waals surface area contributed by atoms with Gasteiger partial charge in [0.15, 0.2) is 0 Å². The number of nitrogens with zero attached hydrogens (tertiary/aromatic N) is 3. The highest BCUT2D eigenvalue weighted by Crippen LogP contribution is 2.36. The number of aryl methyl sites for hydroxylation is 1. The molecule has 37 heavy (non-hydrogen) atoms. The number of rotatable bonds is 4. The Bertz CT molecular complexity index is 1530. The molecule has 0 aliphatic heterocycles. The lowest BCUT2D eigenvalue weighted by Gasteiger charge is -2.14. The number of aromatic nitrogens is 3. The Kier molecular flexibility index (Phi) is 6.89. The van der Waals surface area contributed by atoms with E-state index in [2.05, 4.69) is 15.4 Å². The topological polar surface area (TPSA) is 59.8 Å². The Hall–Kier alpha value is -3.31. The van der Waals surface area contributed by atoms with Gasteiger partial charge in [0.2, 0.25) is 0 Å². The van der Waals surface area contributed by atoms with Gasteiger partial charge in [0.25, 0.3) is 5.91 Å². The summed E-state index contributed by atoms with van der Waals surface area (Å²) >= 11 is 12.1. The summed E-state index contributed by atoms with van der Waals surface area (Å²) in [7, 11) is 0. The third-order valence-electron chi connectivity index (χ3n) is 5.63. The van der Waals surface area contributed by atoms with Crippen LogP contribution in [0.15, 0.2) is 42.5 Å². The molecular formula is C24H16Cl2F6N4O. The molecule has 1 N–H and O–H groups in total. The average molecular weight is 561 g/mol. The van der Waals surface area contributed by atoms with Gasteiger partial charge in [-0.2, -0.15) is 31.4 Å². The first-order valence-corrected chi connectivity index (χ1v) is 11.3. The summed E-state index contributed by atoms with van der Waals surface area (Å²) in [6.07, 6.45) is -9.44. The molecule has 0 saturated heterocycles. The van der Waals surface area contributed by atoms with Crippen LogP contribution in [0, 0.1) is 13.8 Å². The van der Waals surface area contributed by atoms with Crippen LogP contribution in [0.2, 0.25) is 10.0 Å². The van der Waals surface area contributed by atoms with E-state index in [-0.39, 0.29) is 44.4 Å². The lowest BCUT2D eigenvalue weighted by atomic mass is 10.1. The van der Waals surface area contributed by atoms with Gasteiger partial charge < -0.3 is 5.32 Å². The molecule has 2 aromatic carbocycles. The van der Waals surface area contributed by atoms with Gasteiger partial charge in [0.1, 0.15) is 5.69 Å². The first-order chi connectivity index (χ1) is 17.2. The molecule has 0 radical (unpaired) electrons. The van der Waals surface area contributed by atoms with Crippen LogP contribution in [0.5, 0.6) is 0 Å². The number of nitrogens with one attached hydrogen (secondary N) is 1. The first kappa shape index (κ1) is 26.7. The zero-order valence-corrected chi connectivity index (χ0v) is 20.5. The molecule has 2 heterocycles. The van der Waals surface area contributed by atoms with E-state index in [1.807, 2.05) is 0 Å². The number of benzene rings is 2. The van der Waals surface area contributed by atoms with Crippen LogP contribution in [-0.4, -0.2) is 20.7 Å². The monoisotopic (exact) mass is 560 g/mol. The Balaban J connectivity index is 1.74. The van der Waals surface area contributed by atoms with Gasteiger partial charge in [0, 0.05) is 10.4 Å². The number of amides is 1. The lowest BCUT2D eigenvalue weighted by molar-refractivity contribution is -0.141. The third kappa shape index (κ3) is 5.37. The summed E-state index contributed by atoms with van der Waals surface area (Å²) in [4.78, 5) is 16.8.